The molecule has 0 fully saturated rings. The molecule has 3 nitrogen and oxygen atoms in total. The molecule has 1 aromatic rings. The summed E-state index contributed by atoms with van der Waals surface area (Å²) in [6, 6.07) is 3.52. The summed E-state index contributed by atoms with van der Waals surface area (Å²) in [6.07, 6.45) is 2.63. The van der Waals surface area contributed by atoms with Crippen LogP contribution in [0.15, 0.2) is 23.2 Å². The molecule has 0 spiro atoms. The Hall–Kier alpha value is -1.65. The molecule has 0 saturated carbocycles. The van der Waals surface area contributed by atoms with Gasteiger partial charge in [0.1, 0.15) is 11.6 Å². The minimum atomic E-state index is -0.411. The van der Waals surface area contributed by atoms with Crippen molar-refractivity contribution in [2.75, 3.05) is 27.2 Å². The Kier molecular flexibility index (Phi) is 6.98. The van der Waals surface area contributed by atoms with Crippen LogP contribution in [0.25, 0.3) is 0 Å². The van der Waals surface area contributed by atoms with Gasteiger partial charge in [0.05, 0.1) is 0 Å². The summed E-state index contributed by atoms with van der Waals surface area (Å²) in [5, 5.41) is 3.16. The third kappa shape index (κ3) is 5.15. The first-order valence-corrected chi connectivity index (χ1v) is 6.94. The molecular formula is C15H23F2N3. The highest BCUT2D eigenvalue weighted by molar-refractivity contribution is 5.79. The zero-order valence-corrected chi connectivity index (χ0v) is 12.4. The van der Waals surface area contributed by atoms with Crippen molar-refractivity contribution in [2.24, 2.45) is 4.99 Å². The number of nitrogens with one attached hydrogen (secondary N) is 1. The maximum Gasteiger partial charge on any atom is 0.193 e. The van der Waals surface area contributed by atoms with Crippen LogP contribution in [0.5, 0.6) is 0 Å². The minimum Gasteiger partial charge on any atom is -0.356 e. The van der Waals surface area contributed by atoms with Gasteiger partial charge in [0, 0.05) is 27.2 Å². The van der Waals surface area contributed by atoms with Gasteiger partial charge < -0.3 is 10.2 Å². The van der Waals surface area contributed by atoms with E-state index in [1.165, 1.54) is 6.07 Å². The van der Waals surface area contributed by atoms with Gasteiger partial charge in [-0.3, -0.25) is 4.99 Å². The zero-order valence-electron chi connectivity index (χ0n) is 12.4. The van der Waals surface area contributed by atoms with Crippen LogP contribution in [0.1, 0.15) is 25.3 Å². The number of unbranched alkanes of at least 4 members (excludes halogenated alkanes) is 1. The quantitative estimate of drug-likeness (QED) is 0.642. The molecule has 112 valence electrons. The highest BCUT2D eigenvalue weighted by Crippen LogP contribution is 2.09. The highest BCUT2D eigenvalue weighted by atomic mass is 19.1. The second-order valence-corrected chi connectivity index (χ2v) is 4.73. The Balaban J connectivity index is 2.47. The molecule has 1 aromatic carbocycles. The van der Waals surface area contributed by atoms with Gasteiger partial charge in [-0.05, 0) is 36.6 Å². The zero-order chi connectivity index (χ0) is 15.0. The third-order valence-corrected chi connectivity index (χ3v) is 3.11. The predicted molar refractivity (Wildman–Crippen MR) is 79.0 cm³/mol. The molecule has 0 unspecified atom stereocenters. The smallest absolute Gasteiger partial charge is 0.193 e. The molecule has 0 aromatic heterocycles. The molecule has 1 N–H and O–H groups in total. The molecule has 0 amide bonds. The number of halogens is 2. The topological polar surface area (TPSA) is 27.6 Å². The van der Waals surface area contributed by atoms with Crippen LogP contribution in [0.4, 0.5) is 8.78 Å². The maximum absolute atomic E-state index is 13.5. The average molecular weight is 283 g/mol. The molecule has 0 bridgehead atoms. The van der Waals surface area contributed by atoms with Gasteiger partial charge in [-0.1, -0.05) is 13.3 Å². The molecule has 0 aliphatic rings. The van der Waals surface area contributed by atoms with Crippen molar-refractivity contribution in [1.82, 2.24) is 10.2 Å². The van der Waals surface area contributed by atoms with Crippen molar-refractivity contribution in [3.05, 3.63) is 35.4 Å². The van der Waals surface area contributed by atoms with Crippen LogP contribution in [0, 0.1) is 11.6 Å². The van der Waals surface area contributed by atoms with Crippen LogP contribution in [-0.2, 0) is 6.42 Å². The number of benzene rings is 1. The molecule has 0 radical (unpaired) electrons. The Morgan fingerprint density at radius 1 is 1.35 bits per heavy atom. The number of rotatable bonds is 6. The minimum absolute atomic E-state index is 0.373. The maximum atomic E-state index is 13.5. The van der Waals surface area contributed by atoms with E-state index in [-0.39, 0.29) is 5.82 Å². The van der Waals surface area contributed by atoms with Gasteiger partial charge in [-0.2, -0.15) is 0 Å². The second-order valence-electron chi connectivity index (χ2n) is 4.73. The number of hydrogen-bond acceptors (Lipinski definition) is 1. The molecular weight excluding hydrogens is 260 g/mol. The summed E-state index contributed by atoms with van der Waals surface area (Å²) < 4.78 is 26.5. The van der Waals surface area contributed by atoms with Crippen molar-refractivity contribution in [2.45, 2.75) is 26.2 Å². The first-order valence-electron chi connectivity index (χ1n) is 6.94. The molecule has 20 heavy (non-hydrogen) atoms. The predicted octanol–water partition coefficient (Wildman–Crippen LogP) is 2.81. The number of guanidine groups is 1. The fourth-order valence-corrected chi connectivity index (χ4v) is 1.93. The summed E-state index contributed by atoms with van der Waals surface area (Å²) in [5.41, 5.74) is 0.379. The Morgan fingerprint density at radius 3 is 2.75 bits per heavy atom. The first kappa shape index (κ1) is 16.4. The first-order chi connectivity index (χ1) is 9.58. The van der Waals surface area contributed by atoms with E-state index < -0.39 is 5.82 Å². The van der Waals surface area contributed by atoms with Crippen LogP contribution in [0.2, 0.25) is 0 Å². The monoisotopic (exact) mass is 283 g/mol. The van der Waals surface area contributed by atoms with Crippen LogP contribution in [0.3, 0.4) is 0 Å². The van der Waals surface area contributed by atoms with E-state index in [2.05, 4.69) is 17.2 Å². The van der Waals surface area contributed by atoms with Crippen molar-refractivity contribution < 1.29 is 8.78 Å². The molecule has 0 heterocycles. The summed E-state index contributed by atoms with van der Waals surface area (Å²) in [5.74, 6) is -0.0105. The van der Waals surface area contributed by atoms with Gasteiger partial charge in [0.2, 0.25) is 0 Å². The van der Waals surface area contributed by atoms with E-state index >= 15 is 0 Å². The Labute approximate surface area is 119 Å². The standard InChI is InChI=1S/C15H23F2N3/c1-4-5-10-20(3)15(18-2)19-9-8-12-11-13(16)6-7-14(12)17/h6-7,11H,4-5,8-10H2,1-3H3,(H,18,19). The van der Waals surface area contributed by atoms with E-state index in [1.54, 1.807) is 7.05 Å². The van der Waals surface area contributed by atoms with E-state index in [9.17, 15) is 8.78 Å². The normalized spacial score (nSPS) is 11.6. The van der Waals surface area contributed by atoms with Crippen molar-refractivity contribution in [3.8, 4) is 0 Å². The van der Waals surface area contributed by atoms with Crippen molar-refractivity contribution in [1.29, 1.82) is 0 Å². The molecule has 0 aliphatic heterocycles. The summed E-state index contributed by atoms with van der Waals surface area (Å²) in [7, 11) is 3.68. The van der Waals surface area contributed by atoms with Crippen molar-refractivity contribution >= 4 is 5.96 Å². The van der Waals surface area contributed by atoms with E-state index in [0.717, 1.165) is 37.5 Å². The number of aliphatic imine (C=N–C) groups is 1. The second kappa shape index (κ2) is 8.51. The van der Waals surface area contributed by atoms with Crippen LogP contribution < -0.4 is 5.32 Å². The highest BCUT2D eigenvalue weighted by Gasteiger charge is 2.07. The summed E-state index contributed by atoms with van der Waals surface area (Å²) >= 11 is 0. The van der Waals surface area contributed by atoms with Gasteiger partial charge in [-0.15, -0.1) is 0 Å². The molecule has 0 atom stereocenters. The Morgan fingerprint density at radius 2 is 2.10 bits per heavy atom. The molecule has 0 saturated heterocycles. The average Bonchev–Trinajstić information content (AvgIpc) is 2.44. The van der Waals surface area contributed by atoms with E-state index in [0.29, 0.717) is 18.5 Å². The lowest BCUT2D eigenvalue weighted by molar-refractivity contribution is 0.464. The SMILES string of the molecule is CCCCN(C)C(=NC)NCCc1cc(F)ccc1F. The molecule has 1 rings (SSSR count). The van der Waals surface area contributed by atoms with Gasteiger partial charge >= 0.3 is 0 Å². The van der Waals surface area contributed by atoms with Crippen LogP contribution in [-0.4, -0.2) is 38.0 Å². The fraction of sp³-hybridized carbons (Fsp3) is 0.533. The van der Waals surface area contributed by atoms with Crippen molar-refractivity contribution in [3.63, 3.8) is 0 Å². The number of nitrogens with zero attached hydrogens (tertiary/aromatic N) is 2. The number of hydrogen-bond donors (Lipinski definition) is 1. The Bertz CT molecular complexity index is 447. The van der Waals surface area contributed by atoms with Gasteiger partial charge in [-0.25, -0.2) is 8.78 Å². The molecule has 0 aliphatic carbocycles. The summed E-state index contributed by atoms with van der Waals surface area (Å²) in [4.78, 5) is 6.21. The lowest BCUT2D eigenvalue weighted by Crippen LogP contribution is -2.40. The van der Waals surface area contributed by atoms with Crippen LogP contribution >= 0.6 is 0 Å². The largest absolute Gasteiger partial charge is 0.356 e. The van der Waals surface area contributed by atoms with E-state index in [4.69, 9.17) is 0 Å². The van der Waals surface area contributed by atoms with Gasteiger partial charge in [0.25, 0.3) is 0 Å². The lowest BCUT2D eigenvalue weighted by atomic mass is 10.1. The van der Waals surface area contributed by atoms with Gasteiger partial charge in [0.15, 0.2) is 5.96 Å². The third-order valence-electron chi connectivity index (χ3n) is 3.11. The molecule has 5 heteroatoms. The fourth-order valence-electron chi connectivity index (χ4n) is 1.93. The van der Waals surface area contributed by atoms with E-state index in [1.807, 2.05) is 11.9 Å². The lowest BCUT2D eigenvalue weighted by Gasteiger charge is -2.21. The summed E-state index contributed by atoms with van der Waals surface area (Å²) in [6.45, 7) is 3.57.